The van der Waals surface area contributed by atoms with Crippen LogP contribution in [0.3, 0.4) is 0 Å². The van der Waals surface area contributed by atoms with E-state index in [-0.39, 0.29) is 18.9 Å². The smallest absolute Gasteiger partial charge is 0.336 e. The lowest BCUT2D eigenvalue weighted by Gasteiger charge is -2.01. The van der Waals surface area contributed by atoms with Crippen molar-refractivity contribution in [3.63, 3.8) is 0 Å². The van der Waals surface area contributed by atoms with Crippen molar-refractivity contribution >= 4 is 18.2 Å². The number of carbonyl (C=O) groups excluding carboxylic acids is 2. The van der Waals surface area contributed by atoms with E-state index in [2.05, 4.69) is 20.6 Å². The summed E-state index contributed by atoms with van der Waals surface area (Å²) in [6.45, 7) is 1.88. The molecule has 0 spiro atoms. The fraction of sp³-hybridized carbons (Fsp3) is 0.571. The van der Waals surface area contributed by atoms with Crippen molar-refractivity contribution in [2.45, 2.75) is 13.3 Å². The van der Waals surface area contributed by atoms with Gasteiger partial charge in [-0.15, -0.1) is 0 Å². The molecule has 0 aromatic rings. The van der Waals surface area contributed by atoms with E-state index in [1.165, 1.54) is 13.3 Å². The summed E-state index contributed by atoms with van der Waals surface area (Å²) >= 11 is 0. The zero-order valence-corrected chi connectivity index (χ0v) is 7.66. The third kappa shape index (κ3) is 6.95. The van der Waals surface area contributed by atoms with Gasteiger partial charge < -0.3 is 5.32 Å². The van der Waals surface area contributed by atoms with Gasteiger partial charge in [0.25, 0.3) is 0 Å². The van der Waals surface area contributed by atoms with Crippen molar-refractivity contribution in [3.8, 4) is 0 Å². The van der Waals surface area contributed by atoms with Crippen LogP contribution in [-0.2, 0) is 9.63 Å². The molecular weight excluding hydrogens is 174 g/mol. The molecule has 6 nitrogen and oxygen atoms in total. The van der Waals surface area contributed by atoms with Gasteiger partial charge in [0, 0.05) is 19.2 Å². The van der Waals surface area contributed by atoms with Gasteiger partial charge in [-0.1, -0.05) is 0 Å². The van der Waals surface area contributed by atoms with Gasteiger partial charge >= 0.3 is 6.03 Å². The van der Waals surface area contributed by atoms with E-state index in [0.717, 1.165) is 0 Å². The SMILES string of the molecule is CC=NC(=O)NCCC(=O)NOC. The molecule has 0 fully saturated rings. The molecule has 0 aliphatic carbocycles. The van der Waals surface area contributed by atoms with E-state index in [0.29, 0.717) is 0 Å². The van der Waals surface area contributed by atoms with Gasteiger partial charge in [0.1, 0.15) is 0 Å². The summed E-state index contributed by atoms with van der Waals surface area (Å²) in [4.78, 5) is 29.3. The van der Waals surface area contributed by atoms with E-state index in [1.54, 1.807) is 6.92 Å². The molecule has 0 unspecified atom stereocenters. The van der Waals surface area contributed by atoms with Crippen LogP contribution in [0.15, 0.2) is 4.99 Å². The van der Waals surface area contributed by atoms with Crippen LogP contribution in [0.5, 0.6) is 0 Å². The maximum absolute atomic E-state index is 10.8. The first-order chi connectivity index (χ1) is 6.20. The van der Waals surface area contributed by atoms with Gasteiger partial charge in [0.05, 0.1) is 7.11 Å². The lowest BCUT2D eigenvalue weighted by atomic mass is 10.4. The number of hydroxylamine groups is 1. The minimum atomic E-state index is -0.451. The number of rotatable bonds is 4. The van der Waals surface area contributed by atoms with E-state index < -0.39 is 6.03 Å². The Morgan fingerprint density at radius 2 is 2.23 bits per heavy atom. The molecule has 0 bridgehead atoms. The van der Waals surface area contributed by atoms with Crippen LogP contribution >= 0.6 is 0 Å². The van der Waals surface area contributed by atoms with Gasteiger partial charge in [-0.25, -0.2) is 15.3 Å². The minimum absolute atomic E-state index is 0.165. The molecule has 0 saturated heterocycles. The first-order valence-corrected chi connectivity index (χ1v) is 3.79. The molecule has 0 atom stereocenters. The molecule has 0 rings (SSSR count). The third-order valence-electron chi connectivity index (χ3n) is 1.09. The summed E-state index contributed by atoms with van der Waals surface area (Å²) in [7, 11) is 1.35. The molecule has 3 amide bonds. The second-order valence-corrected chi connectivity index (χ2v) is 2.10. The fourth-order valence-electron chi connectivity index (χ4n) is 0.611. The number of aliphatic imine (C=N–C) groups is 1. The zero-order valence-electron chi connectivity index (χ0n) is 7.66. The van der Waals surface area contributed by atoms with Crippen LogP contribution in [0.4, 0.5) is 4.79 Å². The highest BCUT2D eigenvalue weighted by molar-refractivity contribution is 5.83. The van der Waals surface area contributed by atoms with Gasteiger partial charge in [0.15, 0.2) is 0 Å². The molecule has 0 aliphatic rings. The number of carbonyl (C=O) groups is 2. The average molecular weight is 187 g/mol. The number of nitrogens with zero attached hydrogens (tertiary/aromatic N) is 1. The quantitative estimate of drug-likeness (QED) is 0.474. The maximum Gasteiger partial charge on any atom is 0.340 e. The van der Waals surface area contributed by atoms with E-state index in [4.69, 9.17) is 0 Å². The van der Waals surface area contributed by atoms with Gasteiger partial charge in [-0.05, 0) is 6.92 Å². The second kappa shape index (κ2) is 7.23. The molecule has 0 heterocycles. The van der Waals surface area contributed by atoms with Crippen LogP contribution in [-0.4, -0.2) is 31.8 Å². The Balaban J connectivity index is 3.44. The average Bonchev–Trinajstić information content (AvgIpc) is 2.05. The molecule has 13 heavy (non-hydrogen) atoms. The van der Waals surface area contributed by atoms with Crippen molar-refractivity contribution in [2.75, 3.05) is 13.7 Å². The van der Waals surface area contributed by atoms with E-state index in [9.17, 15) is 9.59 Å². The third-order valence-corrected chi connectivity index (χ3v) is 1.09. The molecule has 0 radical (unpaired) electrons. The van der Waals surface area contributed by atoms with E-state index in [1.807, 2.05) is 0 Å². The summed E-state index contributed by atoms with van der Waals surface area (Å²) in [5, 5.41) is 2.42. The highest BCUT2D eigenvalue weighted by Gasteiger charge is 2.00. The first-order valence-electron chi connectivity index (χ1n) is 3.79. The number of nitrogens with one attached hydrogen (secondary N) is 2. The van der Waals surface area contributed by atoms with Crippen LogP contribution in [0.2, 0.25) is 0 Å². The summed E-state index contributed by atoms with van der Waals surface area (Å²) in [5.74, 6) is -0.289. The predicted molar refractivity (Wildman–Crippen MR) is 47.3 cm³/mol. The lowest BCUT2D eigenvalue weighted by molar-refractivity contribution is -0.131. The van der Waals surface area contributed by atoms with Crippen LogP contribution in [0.1, 0.15) is 13.3 Å². The highest BCUT2D eigenvalue weighted by Crippen LogP contribution is 1.78. The Bertz CT molecular complexity index is 203. The lowest BCUT2D eigenvalue weighted by Crippen LogP contribution is -2.28. The van der Waals surface area contributed by atoms with Crippen molar-refractivity contribution in [3.05, 3.63) is 0 Å². The predicted octanol–water partition coefficient (Wildman–Crippen LogP) is -0.146. The maximum atomic E-state index is 10.8. The molecule has 0 aromatic heterocycles. The Morgan fingerprint density at radius 1 is 1.54 bits per heavy atom. The fourth-order valence-corrected chi connectivity index (χ4v) is 0.611. The Kier molecular flexibility index (Phi) is 6.44. The molecule has 0 aliphatic heterocycles. The molecule has 2 N–H and O–H groups in total. The van der Waals surface area contributed by atoms with Crippen molar-refractivity contribution in [1.82, 2.24) is 10.8 Å². The summed E-state index contributed by atoms with van der Waals surface area (Å²) in [5.41, 5.74) is 2.12. The summed E-state index contributed by atoms with van der Waals surface area (Å²) < 4.78 is 0. The number of urea groups is 1. The zero-order chi connectivity index (χ0) is 10.1. The Morgan fingerprint density at radius 3 is 2.77 bits per heavy atom. The number of hydrogen-bond acceptors (Lipinski definition) is 3. The van der Waals surface area contributed by atoms with Crippen LogP contribution in [0, 0.1) is 0 Å². The Labute approximate surface area is 76.3 Å². The number of amides is 3. The molecule has 0 saturated carbocycles. The molecule has 74 valence electrons. The van der Waals surface area contributed by atoms with Crippen molar-refractivity contribution in [1.29, 1.82) is 0 Å². The monoisotopic (exact) mass is 187 g/mol. The number of hydrogen-bond donors (Lipinski definition) is 2. The standard InChI is InChI=1S/C7H13N3O3/c1-3-8-7(12)9-5-4-6(11)10-13-2/h3H,4-5H2,1-2H3,(H,9,12)(H,10,11). The Hall–Kier alpha value is -1.43. The van der Waals surface area contributed by atoms with Crippen LogP contribution < -0.4 is 10.8 Å². The first kappa shape index (κ1) is 11.6. The molecular formula is C7H13N3O3. The molecule has 6 heteroatoms. The molecule has 0 aromatic carbocycles. The van der Waals surface area contributed by atoms with Crippen LogP contribution in [0.25, 0.3) is 0 Å². The van der Waals surface area contributed by atoms with E-state index >= 15 is 0 Å². The largest absolute Gasteiger partial charge is 0.340 e. The second-order valence-electron chi connectivity index (χ2n) is 2.10. The minimum Gasteiger partial charge on any atom is -0.336 e. The van der Waals surface area contributed by atoms with Crippen molar-refractivity contribution in [2.24, 2.45) is 4.99 Å². The topological polar surface area (TPSA) is 79.8 Å². The highest BCUT2D eigenvalue weighted by atomic mass is 16.6. The van der Waals surface area contributed by atoms with Gasteiger partial charge in [0.2, 0.25) is 5.91 Å². The summed E-state index contributed by atoms with van der Waals surface area (Å²) in [6, 6.07) is -0.451. The van der Waals surface area contributed by atoms with Crippen molar-refractivity contribution < 1.29 is 14.4 Å². The van der Waals surface area contributed by atoms with Gasteiger partial charge in [-0.3, -0.25) is 9.63 Å². The normalized spacial score (nSPS) is 10.0. The summed E-state index contributed by atoms with van der Waals surface area (Å²) in [6.07, 6.45) is 1.55. The van der Waals surface area contributed by atoms with Gasteiger partial charge in [-0.2, -0.15) is 0 Å².